The van der Waals surface area contributed by atoms with Gasteiger partial charge in [0.1, 0.15) is 23.7 Å². The Morgan fingerprint density at radius 3 is 2.18 bits per heavy atom. The van der Waals surface area contributed by atoms with E-state index in [1.807, 2.05) is 19.1 Å². The third-order valence-electron chi connectivity index (χ3n) is 3.29. The lowest BCUT2D eigenvalue weighted by Gasteiger charge is -2.12. The second-order valence-corrected chi connectivity index (χ2v) is 5.13. The summed E-state index contributed by atoms with van der Waals surface area (Å²) in [5.41, 5.74) is 3.39. The largest absolute Gasteiger partial charge is 0.360 e. The van der Waals surface area contributed by atoms with E-state index >= 15 is 0 Å². The molecule has 0 aliphatic heterocycles. The van der Waals surface area contributed by atoms with Crippen LogP contribution in [0.15, 0.2) is 41.2 Å². The molecule has 0 radical (unpaired) electrons. The van der Waals surface area contributed by atoms with Crippen molar-refractivity contribution < 1.29 is 4.52 Å². The number of aromatic nitrogens is 3. The summed E-state index contributed by atoms with van der Waals surface area (Å²) in [7, 11) is 0. The zero-order valence-corrected chi connectivity index (χ0v) is 12.7. The van der Waals surface area contributed by atoms with E-state index in [1.54, 1.807) is 6.07 Å². The minimum Gasteiger partial charge on any atom is -0.360 e. The molecule has 6 heteroatoms. The molecule has 0 aliphatic rings. The summed E-state index contributed by atoms with van der Waals surface area (Å²) in [6.45, 7) is 5.97. The van der Waals surface area contributed by atoms with Crippen LogP contribution in [-0.2, 0) is 0 Å². The summed E-state index contributed by atoms with van der Waals surface area (Å²) in [5, 5.41) is 10.3. The third kappa shape index (κ3) is 3.06. The van der Waals surface area contributed by atoms with Gasteiger partial charge < -0.3 is 15.2 Å². The predicted molar refractivity (Wildman–Crippen MR) is 85.8 cm³/mol. The quantitative estimate of drug-likeness (QED) is 0.760. The predicted octanol–water partition coefficient (Wildman–Crippen LogP) is 3.88. The first-order valence-electron chi connectivity index (χ1n) is 6.97. The van der Waals surface area contributed by atoms with Crippen molar-refractivity contribution in [2.45, 2.75) is 20.8 Å². The van der Waals surface area contributed by atoms with E-state index in [9.17, 15) is 0 Å². The molecule has 1 aromatic carbocycles. The van der Waals surface area contributed by atoms with Crippen molar-refractivity contribution >= 4 is 23.1 Å². The molecule has 0 atom stereocenters. The number of para-hydroxylation sites is 1. The molecule has 2 aromatic heterocycles. The van der Waals surface area contributed by atoms with E-state index in [2.05, 4.69) is 51.7 Å². The fourth-order valence-corrected chi connectivity index (χ4v) is 2.19. The first-order chi connectivity index (χ1) is 10.6. The van der Waals surface area contributed by atoms with E-state index < -0.39 is 0 Å². The highest BCUT2D eigenvalue weighted by Gasteiger charge is 2.06. The third-order valence-corrected chi connectivity index (χ3v) is 3.29. The van der Waals surface area contributed by atoms with Gasteiger partial charge in [0.05, 0.1) is 0 Å². The number of anilines is 4. The summed E-state index contributed by atoms with van der Waals surface area (Å²) in [4.78, 5) is 8.44. The lowest BCUT2D eigenvalue weighted by Crippen LogP contribution is -2.00. The zero-order valence-electron chi connectivity index (χ0n) is 12.7. The minimum absolute atomic E-state index is 0.620. The molecular weight excluding hydrogens is 278 g/mol. The Bertz CT molecular complexity index is 776. The van der Waals surface area contributed by atoms with Crippen molar-refractivity contribution in [2.24, 2.45) is 0 Å². The van der Waals surface area contributed by atoms with Crippen LogP contribution < -0.4 is 10.6 Å². The molecule has 0 amide bonds. The van der Waals surface area contributed by atoms with Gasteiger partial charge in [-0.1, -0.05) is 23.4 Å². The van der Waals surface area contributed by atoms with Gasteiger partial charge in [-0.2, -0.15) is 0 Å². The lowest BCUT2D eigenvalue weighted by atomic mass is 10.1. The number of aryl methyl sites for hydroxylation is 3. The van der Waals surface area contributed by atoms with E-state index in [4.69, 9.17) is 4.52 Å². The average molecular weight is 295 g/mol. The van der Waals surface area contributed by atoms with Crippen LogP contribution in [0.25, 0.3) is 0 Å². The molecule has 3 aromatic rings. The molecule has 0 spiro atoms. The van der Waals surface area contributed by atoms with Gasteiger partial charge in [-0.25, -0.2) is 9.97 Å². The van der Waals surface area contributed by atoms with E-state index in [0.29, 0.717) is 11.6 Å². The minimum atomic E-state index is 0.620. The van der Waals surface area contributed by atoms with Gasteiger partial charge in [-0.3, -0.25) is 0 Å². The molecular formula is C16H17N5O. The summed E-state index contributed by atoms with van der Waals surface area (Å²) < 4.78 is 5.02. The Balaban J connectivity index is 1.82. The van der Waals surface area contributed by atoms with Gasteiger partial charge >= 0.3 is 0 Å². The molecule has 0 aliphatic carbocycles. The second kappa shape index (κ2) is 5.85. The first-order valence-corrected chi connectivity index (χ1v) is 6.97. The topological polar surface area (TPSA) is 75.9 Å². The van der Waals surface area contributed by atoms with Crippen molar-refractivity contribution in [3.63, 3.8) is 0 Å². The van der Waals surface area contributed by atoms with Crippen molar-refractivity contribution in [1.29, 1.82) is 0 Å². The Kier molecular flexibility index (Phi) is 3.74. The van der Waals surface area contributed by atoms with Crippen LogP contribution in [0.1, 0.15) is 16.9 Å². The fourth-order valence-electron chi connectivity index (χ4n) is 2.19. The van der Waals surface area contributed by atoms with Gasteiger partial charge in [-0.05, 0) is 31.9 Å². The molecule has 0 bridgehead atoms. The molecule has 2 heterocycles. The Hall–Kier alpha value is -2.89. The maximum absolute atomic E-state index is 5.02. The first kappa shape index (κ1) is 14.1. The van der Waals surface area contributed by atoms with Crippen molar-refractivity contribution in [3.05, 3.63) is 53.5 Å². The lowest BCUT2D eigenvalue weighted by molar-refractivity contribution is 0.400. The second-order valence-electron chi connectivity index (χ2n) is 5.13. The maximum atomic E-state index is 5.02. The summed E-state index contributed by atoms with van der Waals surface area (Å²) in [5.74, 6) is 2.73. The van der Waals surface area contributed by atoms with E-state index in [-0.39, 0.29) is 0 Å². The molecule has 2 N–H and O–H groups in total. The number of nitrogens with one attached hydrogen (secondary N) is 2. The Morgan fingerprint density at radius 1 is 0.864 bits per heavy atom. The van der Waals surface area contributed by atoms with Crippen molar-refractivity contribution in [2.75, 3.05) is 10.6 Å². The number of rotatable bonds is 4. The molecule has 112 valence electrons. The van der Waals surface area contributed by atoms with Crippen molar-refractivity contribution in [1.82, 2.24) is 15.1 Å². The SMILES string of the molecule is Cc1cc(Nc2cc(Nc3c(C)cccc3C)ncn2)no1. The van der Waals surface area contributed by atoms with Gasteiger partial charge in [0.15, 0.2) is 5.82 Å². The van der Waals surface area contributed by atoms with E-state index in [1.165, 1.54) is 17.5 Å². The summed E-state index contributed by atoms with van der Waals surface area (Å²) >= 11 is 0. The highest BCUT2D eigenvalue weighted by molar-refractivity contribution is 5.66. The van der Waals surface area contributed by atoms with Crippen LogP contribution >= 0.6 is 0 Å². The molecule has 22 heavy (non-hydrogen) atoms. The molecule has 3 rings (SSSR count). The van der Waals surface area contributed by atoms with Crippen LogP contribution in [0.5, 0.6) is 0 Å². The van der Waals surface area contributed by atoms with Crippen molar-refractivity contribution in [3.8, 4) is 0 Å². The van der Waals surface area contributed by atoms with Crippen LogP contribution in [-0.4, -0.2) is 15.1 Å². The van der Waals surface area contributed by atoms with Crippen LogP contribution in [0.2, 0.25) is 0 Å². The standard InChI is InChI=1S/C16H17N5O/c1-10-5-4-6-11(2)16(10)20-14-8-13(17-9-18-14)19-15-7-12(3)22-21-15/h4-9H,1-3H3,(H2,17,18,19,20,21). The number of nitrogens with zero attached hydrogens (tertiary/aromatic N) is 3. The zero-order chi connectivity index (χ0) is 15.5. The van der Waals surface area contributed by atoms with Gasteiger partial charge in [0.25, 0.3) is 0 Å². The molecule has 0 saturated carbocycles. The van der Waals surface area contributed by atoms with Crippen LogP contribution in [0, 0.1) is 20.8 Å². The fraction of sp³-hybridized carbons (Fsp3) is 0.188. The molecule has 0 saturated heterocycles. The number of benzene rings is 1. The molecule has 0 unspecified atom stereocenters. The normalized spacial score (nSPS) is 10.5. The summed E-state index contributed by atoms with van der Waals surface area (Å²) in [6.07, 6.45) is 1.51. The van der Waals surface area contributed by atoms with Gasteiger partial charge in [-0.15, -0.1) is 0 Å². The summed E-state index contributed by atoms with van der Waals surface area (Å²) in [6, 6.07) is 9.80. The number of hydrogen-bond acceptors (Lipinski definition) is 6. The highest BCUT2D eigenvalue weighted by Crippen LogP contribution is 2.24. The van der Waals surface area contributed by atoms with Gasteiger partial charge in [0, 0.05) is 17.8 Å². The Morgan fingerprint density at radius 2 is 1.55 bits per heavy atom. The van der Waals surface area contributed by atoms with Crippen LogP contribution in [0.3, 0.4) is 0 Å². The monoisotopic (exact) mass is 295 g/mol. The number of hydrogen-bond donors (Lipinski definition) is 2. The maximum Gasteiger partial charge on any atom is 0.175 e. The van der Waals surface area contributed by atoms with E-state index in [0.717, 1.165) is 17.3 Å². The van der Waals surface area contributed by atoms with Gasteiger partial charge in [0.2, 0.25) is 0 Å². The molecule has 0 fully saturated rings. The van der Waals surface area contributed by atoms with Crippen LogP contribution in [0.4, 0.5) is 23.1 Å². The smallest absolute Gasteiger partial charge is 0.175 e. The highest BCUT2D eigenvalue weighted by atomic mass is 16.5. The average Bonchev–Trinajstić information content (AvgIpc) is 2.89. The molecule has 6 nitrogen and oxygen atoms in total. The Labute approximate surface area is 128 Å².